The van der Waals surface area contributed by atoms with Crippen LogP contribution in [-0.4, -0.2) is 41.1 Å². The number of thioether (sulfide) groups is 1. The van der Waals surface area contributed by atoms with Crippen molar-refractivity contribution in [1.29, 1.82) is 0 Å². The normalized spacial score (nSPS) is 22.0. The molecule has 2 N–H and O–H groups in total. The van der Waals surface area contributed by atoms with E-state index in [1.807, 2.05) is 17.8 Å². The van der Waals surface area contributed by atoms with E-state index in [0.717, 1.165) is 23.7 Å². The predicted octanol–water partition coefficient (Wildman–Crippen LogP) is 1.65. The number of rotatable bonds is 1. The van der Waals surface area contributed by atoms with Gasteiger partial charge in [-0.1, -0.05) is 6.07 Å². The number of fused-ring (bicyclic) bond motifs is 3. The van der Waals surface area contributed by atoms with Gasteiger partial charge in [-0.15, -0.1) is 0 Å². The van der Waals surface area contributed by atoms with Crippen LogP contribution >= 0.6 is 11.8 Å². The number of carbonyl (C=O) groups excluding carboxylic acids is 1. The summed E-state index contributed by atoms with van der Waals surface area (Å²) in [5.74, 6) is 0.790. The number of carbonyl (C=O) groups is 2. The summed E-state index contributed by atoms with van der Waals surface area (Å²) >= 11 is 1.84. The lowest BCUT2D eigenvalue weighted by atomic mass is 10.1. The van der Waals surface area contributed by atoms with Gasteiger partial charge < -0.3 is 15.3 Å². The maximum Gasteiger partial charge on any atom is 0.337 e. The molecule has 0 aromatic heterocycles. The zero-order valence-electron chi connectivity index (χ0n) is 10.3. The first-order valence-electron chi connectivity index (χ1n) is 6.17. The van der Waals surface area contributed by atoms with Crippen molar-refractivity contribution in [3.63, 3.8) is 0 Å². The molecule has 0 bridgehead atoms. The third kappa shape index (κ3) is 2.16. The molecular weight excluding hydrogens is 264 g/mol. The van der Waals surface area contributed by atoms with Gasteiger partial charge in [0, 0.05) is 30.5 Å². The summed E-state index contributed by atoms with van der Waals surface area (Å²) in [7, 11) is 0. The first kappa shape index (κ1) is 12.3. The van der Waals surface area contributed by atoms with Crippen LogP contribution in [0.3, 0.4) is 0 Å². The number of hydrogen-bond acceptors (Lipinski definition) is 4. The van der Waals surface area contributed by atoms with Crippen LogP contribution in [0.2, 0.25) is 0 Å². The molecule has 1 aromatic rings. The van der Waals surface area contributed by atoms with Gasteiger partial charge in [0.15, 0.2) is 0 Å². The number of carboxylic acids is 1. The lowest BCUT2D eigenvalue weighted by molar-refractivity contribution is -0.116. The molecule has 1 saturated heterocycles. The summed E-state index contributed by atoms with van der Waals surface area (Å²) in [4.78, 5) is 25.4. The fraction of sp³-hybridized carbons (Fsp3) is 0.385. The van der Waals surface area contributed by atoms with Crippen LogP contribution in [0.1, 0.15) is 16.8 Å². The highest BCUT2D eigenvalue weighted by Crippen LogP contribution is 2.36. The molecule has 0 radical (unpaired) electrons. The molecule has 1 unspecified atom stereocenters. The Morgan fingerprint density at radius 3 is 3.11 bits per heavy atom. The second-order valence-corrected chi connectivity index (χ2v) is 5.83. The fourth-order valence-corrected chi connectivity index (χ4v) is 3.70. The van der Waals surface area contributed by atoms with E-state index in [9.17, 15) is 14.7 Å². The predicted molar refractivity (Wildman–Crippen MR) is 75.1 cm³/mol. The number of aromatic carboxylic acids is 1. The molecule has 5 nitrogen and oxygen atoms in total. The van der Waals surface area contributed by atoms with Crippen molar-refractivity contribution >= 4 is 35.0 Å². The van der Waals surface area contributed by atoms with Crippen LogP contribution in [0.15, 0.2) is 18.2 Å². The number of hydrogen-bond donors (Lipinski definition) is 2. The smallest absolute Gasteiger partial charge is 0.337 e. The lowest BCUT2D eigenvalue weighted by Gasteiger charge is -2.35. The molecule has 2 heterocycles. The van der Waals surface area contributed by atoms with Gasteiger partial charge in [-0.2, -0.15) is 11.8 Å². The van der Waals surface area contributed by atoms with E-state index in [1.54, 1.807) is 6.07 Å². The minimum atomic E-state index is -1.01. The minimum absolute atomic E-state index is 0.107. The van der Waals surface area contributed by atoms with Gasteiger partial charge in [0.25, 0.3) is 0 Å². The van der Waals surface area contributed by atoms with E-state index in [4.69, 9.17) is 0 Å². The first-order chi connectivity index (χ1) is 9.16. The van der Waals surface area contributed by atoms with Crippen LogP contribution in [0.5, 0.6) is 0 Å². The van der Waals surface area contributed by atoms with Gasteiger partial charge in [-0.3, -0.25) is 4.79 Å². The monoisotopic (exact) mass is 278 g/mol. The maximum absolute atomic E-state index is 11.9. The summed E-state index contributed by atoms with van der Waals surface area (Å²) in [5, 5.41) is 12.0. The zero-order valence-corrected chi connectivity index (χ0v) is 11.1. The van der Waals surface area contributed by atoms with Crippen LogP contribution < -0.4 is 10.2 Å². The molecule has 2 aliphatic rings. The Hall–Kier alpha value is -1.69. The highest BCUT2D eigenvalue weighted by Gasteiger charge is 2.32. The van der Waals surface area contributed by atoms with Crippen LogP contribution in [0.4, 0.5) is 11.4 Å². The third-order valence-electron chi connectivity index (χ3n) is 3.50. The third-order valence-corrected chi connectivity index (χ3v) is 4.59. The van der Waals surface area contributed by atoms with Gasteiger partial charge >= 0.3 is 5.97 Å². The molecule has 1 fully saturated rings. The van der Waals surface area contributed by atoms with Crippen molar-refractivity contribution in [2.45, 2.75) is 12.5 Å². The van der Waals surface area contributed by atoms with E-state index in [0.29, 0.717) is 12.1 Å². The van der Waals surface area contributed by atoms with E-state index in [-0.39, 0.29) is 17.5 Å². The molecule has 1 aromatic carbocycles. The molecule has 6 heteroatoms. The van der Waals surface area contributed by atoms with Gasteiger partial charge in [0.05, 0.1) is 16.9 Å². The number of amides is 1. The largest absolute Gasteiger partial charge is 0.478 e. The van der Waals surface area contributed by atoms with E-state index in [1.165, 1.54) is 6.07 Å². The van der Waals surface area contributed by atoms with Crippen molar-refractivity contribution in [2.24, 2.45) is 0 Å². The molecule has 1 atom stereocenters. The average molecular weight is 278 g/mol. The van der Waals surface area contributed by atoms with Gasteiger partial charge in [0.1, 0.15) is 0 Å². The standard InChI is InChI=1S/C13H14N2O3S/c16-11-6-8-7-19-5-4-15(8)10-3-1-2-9(13(17)18)12(10)14-11/h1-3,8H,4-7H2,(H,14,16)(H,17,18). The number of para-hydroxylation sites is 1. The Balaban J connectivity index is 2.12. The molecular formula is C13H14N2O3S. The van der Waals surface area contributed by atoms with Crippen molar-refractivity contribution in [3.05, 3.63) is 23.8 Å². The quantitative estimate of drug-likeness (QED) is 0.817. The van der Waals surface area contributed by atoms with Crippen molar-refractivity contribution < 1.29 is 14.7 Å². The van der Waals surface area contributed by atoms with Crippen molar-refractivity contribution in [2.75, 3.05) is 28.3 Å². The highest BCUT2D eigenvalue weighted by molar-refractivity contribution is 7.99. The van der Waals surface area contributed by atoms with Crippen molar-refractivity contribution in [1.82, 2.24) is 0 Å². The number of carboxylic acid groups (broad SMARTS) is 1. The van der Waals surface area contributed by atoms with E-state index >= 15 is 0 Å². The maximum atomic E-state index is 11.9. The second-order valence-electron chi connectivity index (χ2n) is 4.68. The molecule has 0 saturated carbocycles. The van der Waals surface area contributed by atoms with Crippen LogP contribution in [0.25, 0.3) is 0 Å². The van der Waals surface area contributed by atoms with Crippen LogP contribution in [-0.2, 0) is 4.79 Å². The first-order valence-corrected chi connectivity index (χ1v) is 7.33. The van der Waals surface area contributed by atoms with Crippen LogP contribution in [0, 0.1) is 0 Å². The van der Waals surface area contributed by atoms with Crippen molar-refractivity contribution in [3.8, 4) is 0 Å². The van der Waals surface area contributed by atoms with Gasteiger partial charge in [-0.05, 0) is 12.1 Å². The summed E-state index contributed by atoms with van der Waals surface area (Å²) < 4.78 is 0. The summed E-state index contributed by atoms with van der Waals surface area (Å²) in [5.41, 5.74) is 1.43. The Bertz CT molecular complexity index is 547. The Labute approximate surface area is 115 Å². The molecule has 19 heavy (non-hydrogen) atoms. The number of nitrogens with zero attached hydrogens (tertiary/aromatic N) is 1. The summed E-state index contributed by atoms with van der Waals surface area (Å²) in [6.07, 6.45) is 0.417. The summed E-state index contributed by atoms with van der Waals surface area (Å²) in [6, 6.07) is 5.30. The average Bonchev–Trinajstić information content (AvgIpc) is 2.53. The second kappa shape index (κ2) is 4.77. The molecule has 1 amide bonds. The van der Waals surface area contributed by atoms with Gasteiger partial charge in [0.2, 0.25) is 5.91 Å². The summed E-state index contributed by atoms with van der Waals surface area (Å²) in [6.45, 7) is 0.848. The topological polar surface area (TPSA) is 69.6 Å². The SMILES string of the molecule is O=C1CC2CSCCN2c2cccc(C(=O)O)c2N1. The Kier molecular flexibility index (Phi) is 3.10. The molecule has 0 aliphatic carbocycles. The highest BCUT2D eigenvalue weighted by atomic mass is 32.2. The number of anilines is 2. The van der Waals surface area contributed by atoms with E-state index < -0.39 is 5.97 Å². The lowest BCUT2D eigenvalue weighted by Crippen LogP contribution is -2.42. The Morgan fingerprint density at radius 1 is 1.47 bits per heavy atom. The fourth-order valence-electron chi connectivity index (χ4n) is 2.63. The molecule has 0 spiro atoms. The number of nitrogens with one attached hydrogen (secondary N) is 1. The minimum Gasteiger partial charge on any atom is -0.478 e. The zero-order chi connectivity index (χ0) is 13.4. The van der Waals surface area contributed by atoms with E-state index in [2.05, 4.69) is 10.2 Å². The molecule has 3 rings (SSSR count). The van der Waals surface area contributed by atoms with Gasteiger partial charge in [-0.25, -0.2) is 4.79 Å². The molecule has 2 aliphatic heterocycles. The Morgan fingerprint density at radius 2 is 2.32 bits per heavy atom. The number of benzene rings is 1. The molecule has 100 valence electrons.